The van der Waals surface area contributed by atoms with Crippen molar-refractivity contribution in [2.45, 2.75) is 6.92 Å². The molecule has 0 aromatic heterocycles. The minimum Gasteiger partial charge on any atom is -0.480 e. The van der Waals surface area contributed by atoms with Gasteiger partial charge in [-0.3, -0.25) is 0 Å². The van der Waals surface area contributed by atoms with Crippen LogP contribution in [0.3, 0.4) is 0 Å². The summed E-state index contributed by atoms with van der Waals surface area (Å²) < 4.78 is 9.84. The molecule has 0 radical (unpaired) electrons. The number of carbonyl (C=O) groups is 1. The van der Waals surface area contributed by atoms with Gasteiger partial charge in [-0.05, 0) is 13.0 Å². The molecule has 0 aliphatic heterocycles. The highest BCUT2D eigenvalue weighted by Crippen LogP contribution is 2.32. The van der Waals surface area contributed by atoms with Gasteiger partial charge in [-0.25, -0.2) is 4.79 Å². The normalized spacial score (nSPS) is 9.94. The molecule has 0 bridgehead atoms. The van der Waals surface area contributed by atoms with Crippen LogP contribution in [0, 0.1) is 0 Å². The fourth-order valence-electron chi connectivity index (χ4n) is 1.01. The molecule has 0 amide bonds. The Kier molecular flexibility index (Phi) is 4.71. The number of nitrogens with two attached hydrogens (primary N) is 1. The summed E-state index contributed by atoms with van der Waals surface area (Å²) in [5.41, 5.74) is 5.95. The molecule has 0 unspecified atom stereocenters. The number of halogens is 2. The van der Waals surface area contributed by atoms with Gasteiger partial charge in [0.05, 0.1) is 22.3 Å². The Labute approximate surface area is 103 Å². The molecule has 88 valence electrons. The first kappa shape index (κ1) is 12.9. The Morgan fingerprint density at radius 2 is 2.00 bits per heavy atom. The zero-order valence-electron chi connectivity index (χ0n) is 8.63. The minimum absolute atomic E-state index is 0.212. The van der Waals surface area contributed by atoms with Gasteiger partial charge in [-0.2, -0.15) is 0 Å². The van der Waals surface area contributed by atoms with Crippen LogP contribution >= 0.6 is 23.2 Å². The maximum Gasteiger partial charge on any atom is 0.344 e. The summed E-state index contributed by atoms with van der Waals surface area (Å²) in [4.78, 5) is 11.0. The fraction of sp³-hybridized carbons (Fsp3) is 0.300. The molecule has 1 rings (SSSR count). The third-order valence-corrected chi connectivity index (χ3v) is 2.43. The molecule has 0 aliphatic carbocycles. The Morgan fingerprint density at radius 1 is 1.38 bits per heavy atom. The van der Waals surface area contributed by atoms with Crippen LogP contribution in [0.2, 0.25) is 10.0 Å². The summed E-state index contributed by atoms with van der Waals surface area (Å²) in [5, 5.41) is 0.650. The fourth-order valence-corrected chi connectivity index (χ4v) is 1.33. The molecule has 0 atom stereocenters. The first-order chi connectivity index (χ1) is 7.54. The molecule has 2 N–H and O–H groups in total. The van der Waals surface area contributed by atoms with Crippen LogP contribution in [0.5, 0.6) is 5.75 Å². The molecule has 1 aromatic rings. The van der Waals surface area contributed by atoms with Crippen molar-refractivity contribution in [3.63, 3.8) is 0 Å². The summed E-state index contributed by atoms with van der Waals surface area (Å²) in [6.07, 6.45) is 0. The SMILES string of the molecule is CCOC(=O)COc1cc(Cl)c(Cl)cc1N. The van der Waals surface area contributed by atoms with E-state index in [2.05, 4.69) is 0 Å². The average molecular weight is 264 g/mol. The zero-order chi connectivity index (χ0) is 12.1. The summed E-state index contributed by atoms with van der Waals surface area (Å²) in [6, 6.07) is 2.92. The Balaban J connectivity index is 2.67. The predicted molar refractivity (Wildman–Crippen MR) is 63.0 cm³/mol. The van der Waals surface area contributed by atoms with Crippen molar-refractivity contribution in [1.82, 2.24) is 0 Å². The second kappa shape index (κ2) is 5.82. The number of hydrogen-bond donors (Lipinski definition) is 1. The molecule has 0 aliphatic rings. The molecule has 0 saturated carbocycles. The van der Waals surface area contributed by atoms with E-state index < -0.39 is 5.97 Å². The van der Waals surface area contributed by atoms with Gasteiger partial charge >= 0.3 is 5.97 Å². The van der Waals surface area contributed by atoms with Crippen molar-refractivity contribution in [1.29, 1.82) is 0 Å². The van der Waals surface area contributed by atoms with Gasteiger partial charge in [-0.1, -0.05) is 23.2 Å². The average Bonchev–Trinajstić information content (AvgIpc) is 2.22. The molecule has 16 heavy (non-hydrogen) atoms. The maximum atomic E-state index is 11.0. The lowest BCUT2D eigenvalue weighted by atomic mass is 10.3. The predicted octanol–water partition coefficient (Wildman–Crippen LogP) is 2.52. The molecule has 1 aromatic carbocycles. The first-order valence-electron chi connectivity index (χ1n) is 4.57. The van der Waals surface area contributed by atoms with Crippen molar-refractivity contribution in [3.8, 4) is 5.75 Å². The molecule has 6 heteroatoms. The standard InChI is InChI=1S/C10H11Cl2NO3/c1-2-15-10(14)5-16-9-4-7(12)6(11)3-8(9)13/h3-4H,2,5,13H2,1H3. The molecular weight excluding hydrogens is 253 g/mol. The van der Waals surface area contributed by atoms with Gasteiger partial charge in [0.25, 0.3) is 0 Å². The van der Waals surface area contributed by atoms with E-state index in [1.54, 1.807) is 6.92 Å². The van der Waals surface area contributed by atoms with Crippen LogP contribution in [-0.2, 0) is 9.53 Å². The molecule has 0 fully saturated rings. The molecule has 4 nitrogen and oxygen atoms in total. The number of anilines is 1. The van der Waals surface area contributed by atoms with Crippen LogP contribution < -0.4 is 10.5 Å². The van der Waals surface area contributed by atoms with Gasteiger partial charge in [-0.15, -0.1) is 0 Å². The topological polar surface area (TPSA) is 61.5 Å². The number of nitrogen functional groups attached to an aromatic ring is 1. The molecule has 0 saturated heterocycles. The van der Waals surface area contributed by atoms with E-state index >= 15 is 0 Å². The van der Waals surface area contributed by atoms with Crippen molar-refractivity contribution in [2.75, 3.05) is 18.9 Å². The number of rotatable bonds is 4. The van der Waals surface area contributed by atoms with E-state index in [4.69, 9.17) is 38.4 Å². The number of carbonyl (C=O) groups excluding carboxylic acids is 1. The minimum atomic E-state index is -0.465. The van der Waals surface area contributed by atoms with E-state index in [0.717, 1.165) is 0 Å². The highest BCUT2D eigenvalue weighted by atomic mass is 35.5. The lowest BCUT2D eigenvalue weighted by molar-refractivity contribution is -0.145. The summed E-state index contributed by atoms with van der Waals surface area (Å²) in [6.45, 7) is 1.81. The van der Waals surface area contributed by atoms with E-state index in [9.17, 15) is 4.79 Å². The van der Waals surface area contributed by atoms with Crippen LogP contribution in [-0.4, -0.2) is 19.2 Å². The number of ether oxygens (including phenoxy) is 2. The van der Waals surface area contributed by atoms with Crippen LogP contribution in [0.1, 0.15) is 6.92 Å². The van der Waals surface area contributed by atoms with Gasteiger partial charge in [0.15, 0.2) is 6.61 Å². The third kappa shape index (κ3) is 3.47. The van der Waals surface area contributed by atoms with Gasteiger partial charge < -0.3 is 15.2 Å². The van der Waals surface area contributed by atoms with E-state index in [-0.39, 0.29) is 6.61 Å². The Hall–Kier alpha value is -1.13. The van der Waals surface area contributed by atoms with Gasteiger partial charge in [0.1, 0.15) is 5.75 Å². The van der Waals surface area contributed by atoms with Crippen molar-refractivity contribution in [3.05, 3.63) is 22.2 Å². The lowest BCUT2D eigenvalue weighted by Crippen LogP contribution is -2.15. The number of hydrogen-bond acceptors (Lipinski definition) is 4. The summed E-state index contributed by atoms with van der Waals surface area (Å²) in [5.74, 6) is -0.157. The zero-order valence-corrected chi connectivity index (χ0v) is 10.1. The maximum absolute atomic E-state index is 11.0. The largest absolute Gasteiger partial charge is 0.480 e. The van der Waals surface area contributed by atoms with Gasteiger partial charge in [0.2, 0.25) is 0 Å². The van der Waals surface area contributed by atoms with E-state index in [1.165, 1.54) is 12.1 Å². The van der Waals surface area contributed by atoms with Crippen LogP contribution in [0.4, 0.5) is 5.69 Å². The second-order valence-corrected chi connectivity index (χ2v) is 3.71. The summed E-state index contributed by atoms with van der Waals surface area (Å²) in [7, 11) is 0. The van der Waals surface area contributed by atoms with Crippen molar-refractivity contribution < 1.29 is 14.3 Å². The second-order valence-electron chi connectivity index (χ2n) is 2.90. The van der Waals surface area contributed by atoms with Crippen molar-refractivity contribution >= 4 is 34.9 Å². The number of esters is 1. The third-order valence-electron chi connectivity index (χ3n) is 1.70. The molecular formula is C10H11Cl2NO3. The van der Waals surface area contributed by atoms with E-state index in [0.29, 0.717) is 28.1 Å². The van der Waals surface area contributed by atoms with Crippen LogP contribution in [0.15, 0.2) is 12.1 Å². The highest BCUT2D eigenvalue weighted by Gasteiger charge is 2.08. The van der Waals surface area contributed by atoms with E-state index in [1.807, 2.05) is 0 Å². The Bertz CT molecular complexity index is 396. The Morgan fingerprint density at radius 3 is 2.62 bits per heavy atom. The van der Waals surface area contributed by atoms with Crippen molar-refractivity contribution in [2.24, 2.45) is 0 Å². The number of benzene rings is 1. The summed E-state index contributed by atoms with van der Waals surface area (Å²) >= 11 is 11.5. The lowest BCUT2D eigenvalue weighted by Gasteiger charge is -2.09. The monoisotopic (exact) mass is 263 g/mol. The van der Waals surface area contributed by atoms with Crippen LogP contribution in [0.25, 0.3) is 0 Å². The highest BCUT2D eigenvalue weighted by molar-refractivity contribution is 6.42. The molecule has 0 spiro atoms. The molecule has 0 heterocycles. The smallest absolute Gasteiger partial charge is 0.344 e. The first-order valence-corrected chi connectivity index (χ1v) is 5.33. The quantitative estimate of drug-likeness (QED) is 0.670. The van der Waals surface area contributed by atoms with Gasteiger partial charge in [0, 0.05) is 6.07 Å².